The Bertz CT molecular complexity index is 1140. The summed E-state index contributed by atoms with van der Waals surface area (Å²) in [4.78, 5) is 12.4. The van der Waals surface area contributed by atoms with Gasteiger partial charge in [-0.25, -0.2) is 12.7 Å². The number of rotatable bonds is 4. The summed E-state index contributed by atoms with van der Waals surface area (Å²) in [5.41, 5.74) is 5.23. The number of hydrogen-bond acceptors (Lipinski definition) is 6. The van der Waals surface area contributed by atoms with E-state index in [4.69, 9.17) is 0 Å². The van der Waals surface area contributed by atoms with Crippen LogP contribution < -0.4 is 5.32 Å². The zero-order chi connectivity index (χ0) is 20.9. The van der Waals surface area contributed by atoms with Crippen molar-refractivity contribution in [3.05, 3.63) is 51.9 Å². The van der Waals surface area contributed by atoms with Gasteiger partial charge in [0.25, 0.3) is 0 Å². The van der Waals surface area contributed by atoms with Crippen molar-refractivity contribution < 1.29 is 18.4 Å². The minimum Gasteiger partial charge on any atom is -0.381 e. The first kappa shape index (κ1) is 19.5. The lowest BCUT2D eigenvalue weighted by Crippen LogP contribution is -2.22. The number of fused-ring (bicyclic) bond motifs is 3. The van der Waals surface area contributed by atoms with E-state index in [1.807, 2.05) is 6.07 Å². The SMILES string of the molecule is CCC1Cc2c3c(cc(-c4ccc(S(=O)(=O)N(C)C)cc4)c2N1)C(=NO)[N+](=O)C3. The van der Waals surface area contributed by atoms with E-state index in [9.17, 15) is 18.5 Å². The number of benzene rings is 2. The molecule has 0 radical (unpaired) electrons. The van der Waals surface area contributed by atoms with Gasteiger partial charge in [0.1, 0.15) is 0 Å². The molecule has 2 heterocycles. The molecule has 0 aromatic heterocycles. The molecule has 4 rings (SSSR count). The Morgan fingerprint density at radius 1 is 1.21 bits per heavy atom. The average Bonchev–Trinajstić information content (AvgIpc) is 3.27. The van der Waals surface area contributed by atoms with Crippen LogP contribution >= 0.6 is 0 Å². The first-order valence-electron chi connectivity index (χ1n) is 9.43. The largest absolute Gasteiger partial charge is 0.414 e. The van der Waals surface area contributed by atoms with E-state index in [0.717, 1.165) is 40.8 Å². The number of hydrogen-bond donors (Lipinski definition) is 2. The normalized spacial score (nSPS) is 19.5. The maximum absolute atomic E-state index is 12.3. The molecule has 29 heavy (non-hydrogen) atoms. The number of sulfonamides is 1. The number of nitrogens with zero attached hydrogens (tertiary/aromatic N) is 3. The molecule has 0 saturated carbocycles. The van der Waals surface area contributed by atoms with Crippen LogP contribution in [0.2, 0.25) is 0 Å². The van der Waals surface area contributed by atoms with Crippen LogP contribution in [0, 0.1) is 4.91 Å². The molecule has 9 heteroatoms. The van der Waals surface area contributed by atoms with Crippen molar-refractivity contribution in [1.29, 1.82) is 0 Å². The van der Waals surface area contributed by atoms with E-state index >= 15 is 0 Å². The third-order valence-electron chi connectivity index (χ3n) is 5.66. The lowest BCUT2D eigenvalue weighted by Gasteiger charge is -2.14. The van der Waals surface area contributed by atoms with Crippen LogP contribution in [0.3, 0.4) is 0 Å². The van der Waals surface area contributed by atoms with Crippen molar-refractivity contribution >= 4 is 21.5 Å². The number of nitroso groups, excluding NO2 is 1. The summed E-state index contributed by atoms with van der Waals surface area (Å²) in [6.45, 7) is 2.26. The molecule has 8 nitrogen and oxygen atoms in total. The Labute approximate surface area is 169 Å². The number of amidine groups is 1. The Morgan fingerprint density at radius 2 is 1.90 bits per heavy atom. The van der Waals surface area contributed by atoms with E-state index < -0.39 is 10.0 Å². The monoisotopic (exact) mass is 415 g/mol. The fraction of sp³-hybridized carbons (Fsp3) is 0.350. The molecule has 0 spiro atoms. The Balaban J connectivity index is 1.87. The van der Waals surface area contributed by atoms with Crippen molar-refractivity contribution in [2.75, 3.05) is 19.4 Å². The standard InChI is InChI=1S/C20H22N4O4S/c1-4-13-9-16-18-11-24(26)20(22-25)17(18)10-15(19(16)21-13)12-5-7-14(8-6-12)29(27,28)23(2)3/h5-8,10,13,21H,4,9,11H2,1-3H3/p+1. The predicted molar refractivity (Wildman–Crippen MR) is 110 cm³/mol. The third-order valence-corrected chi connectivity index (χ3v) is 7.49. The minimum atomic E-state index is -3.51. The quantitative estimate of drug-likeness (QED) is 0.454. The summed E-state index contributed by atoms with van der Waals surface area (Å²) in [6.07, 6.45) is 1.73. The van der Waals surface area contributed by atoms with Gasteiger partial charge < -0.3 is 10.5 Å². The van der Waals surface area contributed by atoms with Gasteiger partial charge in [0.05, 0.1) is 10.5 Å². The molecular weight excluding hydrogens is 392 g/mol. The number of oxime groups is 1. The molecule has 0 saturated heterocycles. The summed E-state index contributed by atoms with van der Waals surface area (Å²) in [7, 11) is -0.520. The number of nitrogens with one attached hydrogen (secondary N) is 1. The molecule has 0 bridgehead atoms. The highest BCUT2D eigenvalue weighted by Gasteiger charge is 2.40. The fourth-order valence-electron chi connectivity index (χ4n) is 4.00. The lowest BCUT2D eigenvalue weighted by atomic mass is 9.92. The van der Waals surface area contributed by atoms with Gasteiger partial charge >= 0.3 is 5.84 Å². The first-order chi connectivity index (χ1) is 13.8. The van der Waals surface area contributed by atoms with E-state index in [-0.39, 0.29) is 23.3 Å². The second kappa shape index (κ2) is 6.93. The highest BCUT2D eigenvalue weighted by Crippen LogP contribution is 2.43. The van der Waals surface area contributed by atoms with Crippen LogP contribution in [0.25, 0.3) is 11.1 Å². The highest BCUT2D eigenvalue weighted by molar-refractivity contribution is 7.89. The molecule has 0 aliphatic carbocycles. The van der Waals surface area contributed by atoms with Crippen LogP contribution in [-0.2, 0) is 23.0 Å². The van der Waals surface area contributed by atoms with Gasteiger partial charge in [-0.1, -0.05) is 24.0 Å². The summed E-state index contributed by atoms with van der Waals surface area (Å²) in [6, 6.07) is 8.80. The van der Waals surface area contributed by atoms with E-state index in [1.54, 1.807) is 24.3 Å². The molecule has 1 unspecified atom stereocenters. The maximum atomic E-state index is 12.3. The maximum Gasteiger partial charge on any atom is 0.414 e. The van der Waals surface area contributed by atoms with Crippen molar-refractivity contribution in [1.82, 2.24) is 4.31 Å². The molecule has 2 aliphatic rings. The molecule has 2 aromatic carbocycles. The Hall–Kier alpha value is -2.78. The minimum absolute atomic E-state index is 0.0100. The molecule has 0 amide bonds. The molecule has 0 fully saturated rings. The average molecular weight is 415 g/mol. The van der Waals surface area contributed by atoms with E-state index in [2.05, 4.69) is 17.4 Å². The molecule has 1 atom stereocenters. The summed E-state index contributed by atoms with van der Waals surface area (Å²) in [5, 5.41) is 16.1. The predicted octanol–water partition coefficient (Wildman–Crippen LogP) is 2.78. The smallest absolute Gasteiger partial charge is 0.381 e. The van der Waals surface area contributed by atoms with Crippen molar-refractivity contribution in [2.45, 2.75) is 37.2 Å². The molecule has 152 valence electrons. The molecule has 2 aliphatic heterocycles. The van der Waals surface area contributed by atoms with Crippen LogP contribution in [0.15, 0.2) is 40.4 Å². The van der Waals surface area contributed by atoms with Gasteiger partial charge in [-0.3, -0.25) is 0 Å². The molecule has 2 N–H and O–H groups in total. The summed E-state index contributed by atoms with van der Waals surface area (Å²) in [5.74, 6) is 0.0100. The van der Waals surface area contributed by atoms with E-state index in [0.29, 0.717) is 10.3 Å². The summed E-state index contributed by atoms with van der Waals surface area (Å²) < 4.78 is 26.6. The van der Waals surface area contributed by atoms with Crippen LogP contribution in [0.4, 0.5) is 5.69 Å². The van der Waals surface area contributed by atoms with Gasteiger partial charge in [-0.05, 0) is 46.9 Å². The molecular formula is C20H23N4O4S+. The summed E-state index contributed by atoms with van der Waals surface area (Å²) >= 11 is 0. The van der Waals surface area contributed by atoms with Crippen LogP contribution in [0.1, 0.15) is 30.0 Å². The number of anilines is 1. The second-order valence-electron chi connectivity index (χ2n) is 7.53. The fourth-order valence-corrected chi connectivity index (χ4v) is 4.90. The zero-order valence-electron chi connectivity index (χ0n) is 16.5. The van der Waals surface area contributed by atoms with Gasteiger partial charge in [0.15, 0.2) is 11.7 Å². The van der Waals surface area contributed by atoms with Gasteiger partial charge in [0, 0.05) is 37.0 Å². The van der Waals surface area contributed by atoms with Crippen molar-refractivity contribution in [2.24, 2.45) is 5.16 Å². The second-order valence-corrected chi connectivity index (χ2v) is 9.68. The lowest BCUT2D eigenvalue weighted by molar-refractivity contribution is -0.441. The Morgan fingerprint density at radius 3 is 2.48 bits per heavy atom. The first-order valence-corrected chi connectivity index (χ1v) is 10.9. The van der Waals surface area contributed by atoms with Crippen molar-refractivity contribution in [3.63, 3.8) is 0 Å². The van der Waals surface area contributed by atoms with Crippen LogP contribution in [0.5, 0.6) is 0 Å². The van der Waals surface area contributed by atoms with Crippen LogP contribution in [-0.4, -0.2) is 48.7 Å². The topological polar surface area (TPSA) is 102 Å². The van der Waals surface area contributed by atoms with E-state index in [1.165, 1.54) is 18.4 Å². The third kappa shape index (κ3) is 3.01. The zero-order valence-corrected chi connectivity index (χ0v) is 17.3. The Kier molecular flexibility index (Phi) is 4.66. The van der Waals surface area contributed by atoms with Gasteiger partial charge in [-0.15, -0.1) is 0 Å². The van der Waals surface area contributed by atoms with Crippen molar-refractivity contribution in [3.8, 4) is 11.1 Å². The highest BCUT2D eigenvalue weighted by atomic mass is 32.2. The van der Waals surface area contributed by atoms with Gasteiger partial charge in [0.2, 0.25) is 10.0 Å². The van der Waals surface area contributed by atoms with Gasteiger partial charge in [-0.2, -0.15) is 0 Å². The molecule has 2 aromatic rings.